The molecule has 1 rings (SSSR count). The van der Waals surface area contributed by atoms with Crippen LogP contribution in [0.5, 0.6) is 0 Å². The molecule has 0 spiro atoms. The molecule has 1 aromatic carbocycles. The number of carbonyl (C=O) groups excluding carboxylic acids is 1. The second-order valence-corrected chi connectivity index (χ2v) is 5.69. The number of amides is 1. The van der Waals surface area contributed by atoms with E-state index in [9.17, 15) is 4.79 Å². The number of halogens is 2. The lowest BCUT2D eigenvalue weighted by Crippen LogP contribution is -2.44. The van der Waals surface area contributed by atoms with E-state index in [1.54, 1.807) is 18.2 Å². The largest absolute Gasteiger partial charge is 0.333 e. The van der Waals surface area contributed by atoms with Crippen molar-refractivity contribution in [2.45, 2.75) is 52.6 Å². The molecule has 2 atom stereocenters. The molecular weight excluding hydrogens is 281 g/mol. The summed E-state index contributed by atoms with van der Waals surface area (Å²) in [6, 6.07) is 5.39. The summed E-state index contributed by atoms with van der Waals surface area (Å²) in [5, 5.41) is 0.953. The first kappa shape index (κ1) is 16.3. The van der Waals surface area contributed by atoms with Gasteiger partial charge in [-0.15, -0.1) is 0 Å². The second kappa shape index (κ2) is 7.16. The van der Waals surface area contributed by atoms with Crippen molar-refractivity contribution >= 4 is 29.1 Å². The van der Waals surface area contributed by atoms with Crippen LogP contribution < -0.4 is 0 Å². The molecule has 0 heterocycles. The van der Waals surface area contributed by atoms with Crippen molar-refractivity contribution in [2.24, 2.45) is 0 Å². The van der Waals surface area contributed by atoms with Gasteiger partial charge in [0.25, 0.3) is 5.91 Å². The molecule has 0 aliphatic carbocycles. The summed E-state index contributed by atoms with van der Waals surface area (Å²) in [5.74, 6) is -0.0228. The van der Waals surface area contributed by atoms with Gasteiger partial charge in [-0.25, -0.2) is 0 Å². The number of hydrogen-bond acceptors (Lipinski definition) is 1. The third-order valence-corrected chi connectivity index (χ3v) is 4.08. The van der Waals surface area contributed by atoms with E-state index in [0.29, 0.717) is 15.6 Å². The summed E-state index contributed by atoms with van der Waals surface area (Å²) in [7, 11) is 0. The monoisotopic (exact) mass is 301 g/mol. The van der Waals surface area contributed by atoms with E-state index >= 15 is 0 Å². The highest BCUT2D eigenvalue weighted by Gasteiger charge is 2.26. The number of nitrogens with zero attached hydrogens (tertiary/aromatic N) is 1. The van der Waals surface area contributed by atoms with Gasteiger partial charge in [0.15, 0.2) is 0 Å². The summed E-state index contributed by atoms with van der Waals surface area (Å²) in [6.07, 6.45) is 1.84. The van der Waals surface area contributed by atoms with E-state index in [2.05, 4.69) is 27.7 Å². The Kier molecular flexibility index (Phi) is 6.15. The first-order chi connectivity index (χ1) is 8.92. The van der Waals surface area contributed by atoms with Gasteiger partial charge in [-0.1, -0.05) is 37.0 Å². The zero-order valence-corrected chi connectivity index (χ0v) is 13.4. The average Bonchev–Trinajstić information content (AvgIpc) is 2.38. The minimum Gasteiger partial charge on any atom is -0.333 e. The molecule has 0 bridgehead atoms. The standard InChI is InChI=1S/C15H21Cl2NO/c1-5-10(3)18(11(4)6-2)15(19)13-8-7-12(16)9-14(13)17/h7-11H,5-6H2,1-4H3. The van der Waals surface area contributed by atoms with Crippen LogP contribution in [0.1, 0.15) is 50.9 Å². The minimum absolute atomic E-state index is 0.0228. The Morgan fingerprint density at radius 3 is 2.11 bits per heavy atom. The molecule has 0 fully saturated rings. The lowest BCUT2D eigenvalue weighted by Gasteiger charge is -2.34. The number of carbonyl (C=O) groups is 1. The number of rotatable bonds is 5. The van der Waals surface area contributed by atoms with Crippen molar-refractivity contribution < 1.29 is 4.79 Å². The summed E-state index contributed by atoms with van der Waals surface area (Å²) < 4.78 is 0. The molecule has 0 aliphatic heterocycles. The van der Waals surface area contributed by atoms with Crippen molar-refractivity contribution in [2.75, 3.05) is 0 Å². The third kappa shape index (κ3) is 3.87. The predicted molar refractivity (Wildman–Crippen MR) is 82.1 cm³/mol. The van der Waals surface area contributed by atoms with Gasteiger partial charge in [-0.05, 0) is 44.9 Å². The summed E-state index contributed by atoms with van der Waals surface area (Å²) in [5.41, 5.74) is 0.520. The van der Waals surface area contributed by atoms with E-state index in [4.69, 9.17) is 23.2 Å². The van der Waals surface area contributed by atoms with Crippen LogP contribution >= 0.6 is 23.2 Å². The average molecular weight is 302 g/mol. The quantitative estimate of drug-likeness (QED) is 0.746. The Morgan fingerprint density at radius 1 is 1.16 bits per heavy atom. The Bertz CT molecular complexity index is 438. The van der Waals surface area contributed by atoms with E-state index in [-0.39, 0.29) is 18.0 Å². The van der Waals surface area contributed by atoms with Crippen molar-refractivity contribution in [3.8, 4) is 0 Å². The maximum absolute atomic E-state index is 12.7. The molecule has 4 heteroatoms. The Labute approximate surface area is 125 Å². The molecule has 0 saturated heterocycles. The summed E-state index contributed by atoms with van der Waals surface area (Å²) in [6.45, 7) is 8.29. The van der Waals surface area contributed by atoms with Crippen LogP contribution in [0.3, 0.4) is 0 Å². The molecule has 2 unspecified atom stereocenters. The van der Waals surface area contributed by atoms with E-state index < -0.39 is 0 Å². The van der Waals surface area contributed by atoms with Crippen LogP contribution in [0.2, 0.25) is 10.0 Å². The predicted octanol–water partition coefficient (Wildman–Crippen LogP) is 5.03. The highest BCUT2D eigenvalue weighted by molar-refractivity contribution is 6.36. The van der Waals surface area contributed by atoms with Crippen LogP contribution in [0.25, 0.3) is 0 Å². The summed E-state index contributed by atoms with van der Waals surface area (Å²) >= 11 is 12.0. The van der Waals surface area contributed by atoms with Gasteiger partial charge < -0.3 is 4.90 Å². The van der Waals surface area contributed by atoms with Gasteiger partial charge in [-0.3, -0.25) is 4.79 Å². The van der Waals surface area contributed by atoms with Gasteiger partial charge in [0.05, 0.1) is 10.6 Å². The van der Waals surface area contributed by atoms with Gasteiger partial charge in [0.2, 0.25) is 0 Å². The van der Waals surface area contributed by atoms with Crippen LogP contribution in [-0.2, 0) is 0 Å². The lowest BCUT2D eigenvalue weighted by atomic mass is 10.1. The lowest BCUT2D eigenvalue weighted by molar-refractivity contribution is 0.0598. The van der Waals surface area contributed by atoms with Gasteiger partial charge in [0.1, 0.15) is 0 Å². The summed E-state index contributed by atoms with van der Waals surface area (Å²) in [4.78, 5) is 14.6. The fourth-order valence-corrected chi connectivity index (χ4v) is 2.52. The van der Waals surface area contributed by atoms with E-state index in [0.717, 1.165) is 12.8 Å². The molecular formula is C15H21Cl2NO. The molecule has 2 nitrogen and oxygen atoms in total. The zero-order valence-electron chi connectivity index (χ0n) is 11.9. The first-order valence-corrected chi connectivity index (χ1v) is 7.45. The normalized spacial score (nSPS) is 14.0. The Morgan fingerprint density at radius 2 is 1.68 bits per heavy atom. The Hall–Kier alpha value is -0.730. The van der Waals surface area contributed by atoms with Crippen molar-refractivity contribution in [1.82, 2.24) is 4.90 Å². The number of hydrogen-bond donors (Lipinski definition) is 0. The van der Waals surface area contributed by atoms with Gasteiger partial charge >= 0.3 is 0 Å². The minimum atomic E-state index is -0.0228. The fraction of sp³-hybridized carbons (Fsp3) is 0.533. The second-order valence-electron chi connectivity index (χ2n) is 4.85. The van der Waals surface area contributed by atoms with E-state index in [1.807, 2.05) is 4.90 Å². The number of benzene rings is 1. The zero-order chi connectivity index (χ0) is 14.6. The first-order valence-electron chi connectivity index (χ1n) is 6.70. The maximum atomic E-state index is 12.7. The molecule has 19 heavy (non-hydrogen) atoms. The highest BCUT2D eigenvalue weighted by atomic mass is 35.5. The fourth-order valence-electron chi connectivity index (χ4n) is 2.03. The SMILES string of the molecule is CCC(C)N(C(=O)c1ccc(Cl)cc1Cl)C(C)CC. The molecule has 0 aliphatic rings. The molecule has 1 aromatic rings. The molecule has 1 amide bonds. The van der Waals surface area contributed by atoms with Crippen LogP contribution in [0.4, 0.5) is 0 Å². The third-order valence-electron chi connectivity index (χ3n) is 3.53. The highest BCUT2D eigenvalue weighted by Crippen LogP contribution is 2.24. The molecule has 0 saturated carbocycles. The van der Waals surface area contributed by atoms with Crippen LogP contribution in [-0.4, -0.2) is 22.9 Å². The van der Waals surface area contributed by atoms with Gasteiger partial charge in [-0.2, -0.15) is 0 Å². The maximum Gasteiger partial charge on any atom is 0.255 e. The van der Waals surface area contributed by atoms with Gasteiger partial charge in [0, 0.05) is 17.1 Å². The Balaban J connectivity index is 3.12. The molecule has 0 aromatic heterocycles. The van der Waals surface area contributed by atoms with Crippen molar-refractivity contribution in [3.63, 3.8) is 0 Å². The van der Waals surface area contributed by atoms with Crippen LogP contribution in [0.15, 0.2) is 18.2 Å². The smallest absolute Gasteiger partial charge is 0.255 e. The van der Waals surface area contributed by atoms with Crippen LogP contribution in [0, 0.1) is 0 Å². The molecule has 0 radical (unpaired) electrons. The van der Waals surface area contributed by atoms with Crippen molar-refractivity contribution in [1.29, 1.82) is 0 Å². The molecule has 106 valence electrons. The topological polar surface area (TPSA) is 20.3 Å². The van der Waals surface area contributed by atoms with E-state index in [1.165, 1.54) is 0 Å². The van der Waals surface area contributed by atoms with Crippen molar-refractivity contribution in [3.05, 3.63) is 33.8 Å². The molecule has 0 N–H and O–H groups in total.